The van der Waals surface area contributed by atoms with Crippen molar-refractivity contribution in [2.75, 3.05) is 13.1 Å². The largest absolute Gasteiger partial charge is 0.480 e. The van der Waals surface area contributed by atoms with Gasteiger partial charge in [0, 0.05) is 13.0 Å². The summed E-state index contributed by atoms with van der Waals surface area (Å²) in [7, 11) is 0. The van der Waals surface area contributed by atoms with Crippen LogP contribution in [0.5, 0.6) is 0 Å². The molecule has 148 valence electrons. The SMILES string of the molecule is CCCCCCCCCCCCCCCCC(=O)N(CC)CC(=O)O. The summed E-state index contributed by atoms with van der Waals surface area (Å²) in [5.41, 5.74) is 0. The van der Waals surface area contributed by atoms with Gasteiger partial charge in [0.25, 0.3) is 0 Å². The average molecular weight is 356 g/mol. The zero-order chi connectivity index (χ0) is 18.8. The second kappa shape index (κ2) is 17.8. The third kappa shape index (κ3) is 16.2. The Kier molecular flexibility index (Phi) is 17.0. The molecule has 0 aromatic rings. The normalized spacial score (nSPS) is 10.8. The summed E-state index contributed by atoms with van der Waals surface area (Å²) in [6, 6.07) is 0. The van der Waals surface area contributed by atoms with Crippen LogP contribution in [0.4, 0.5) is 0 Å². The first-order valence-electron chi connectivity index (χ1n) is 10.6. The molecule has 0 aromatic heterocycles. The lowest BCUT2D eigenvalue weighted by Crippen LogP contribution is -2.35. The quantitative estimate of drug-likeness (QED) is 0.317. The number of carbonyl (C=O) groups excluding carboxylic acids is 1. The minimum absolute atomic E-state index is 0.0242. The molecule has 0 fully saturated rings. The van der Waals surface area contributed by atoms with Gasteiger partial charge in [0.1, 0.15) is 6.54 Å². The van der Waals surface area contributed by atoms with E-state index in [-0.39, 0.29) is 12.5 Å². The number of unbranched alkanes of at least 4 members (excludes halogenated alkanes) is 13. The van der Waals surface area contributed by atoms with Crippen LogP contribution in [0.1, 0.15) is 110 Å². The second-order valence-corrected chi connectivity index (χ2v) is 7.15. The maximum Gasteiger partial charge on any atom is 0.323 e. The summed E-state index contributed by atoms with van der Waals surface area (Å²) >= 11 is 0. The highest BCUT2D eigenvalue weighted by atomic mass is 16.4. The minimum Gasteiger partial charge on any atom is -0.480 e. The summed E-state index contributed by atoms with van der Waals surface area (Å²) in [5.74, 6) is -0.958. The standard InChI is InChI=1S/C21H41NO3/c1-3-5-6-7-8-9-10-11-12-13-14-15-16-17-18-20(23)22(4-2)19-21(24)25/h3-19H2,1-2H3,(H,24,25). The number of amides is 1. The average Bonchev–Trinajstić information content (AvgIpc) is 2.59. The molecule has 4 nitrogen and oxygen atoms in total. The molecule has 0 rings (SSSR count). The molecule has 0 atom stereocenters. The number of hydrogen-bond acceptors (Lipinski definition) is 2. The summed E-state index contributed by atoms with van der Waals surface area (Å²) in [5, 5.41) is 8.76. The Labute approximate surface area is 155 Å². The molecule has 0 aliphatic heterocycles. The van der Waals surface area contributed by atoms with Crippen molar-refractivity contribution < 1.29 is 14.7 Å². The Bertz CT molecular complexity index is 331. The van der Waals surface area contributed by atoms with Crippen LogP contribution in [0.3, 0.4) is 0 Å². The fourth-order valence-corrected chi connectivity index (χ4v) is 3.17. The Morgan fingerprint density at radius 1 is 0.680 bits per heavy atom. The molecule has 25 heavy (non-hydrogen) atoms. The molecule has 0 aromatic carbocycles. The lowest BCUT2D eigenvalue weighted by atomic mass is 10.0. The Hall–Kier alpha value is -1.06. The lowest BCUT2D eigenvalue weighted by Gasteiger charge is -2.18. The smallest absolute Gasteiger partial charge is 0.323 e. The van der Waals surface area contributed by atoms with Crippen molar-refractivity contribution in [3.05, 3.63) is 0 Å². The van der Waals surface area contributed by atoms with Crippen molar-refractivity contribution >= 4 is 11.9 Å². The highest BCUT2D eigenvalue weighted by Crippen LogP contribution is 2.13. The van der Waals surface area contributed by atoms with Crippen molar-refractivity contribution in [2.24, 2.45) is 0 Å². The lowest BCUT2D eigenvalue weighted by molar-refractivity contribution is -0.144. The van der Waals surface area contributed by atoms with E-state index in [1.165, 1.54) is 81.9 Å². The number of nitrogens with zero attached hydrogens (tertiary/aromatic N) is 1. The summed E-state index contributed by atoms with van der Waals surface area (Å²) in [4.78, 5) is 24.0. The van der Waals surface area contributed by atoms with E-state index in [0.29, 0.717) is 13.0 Å². The second-order valence-electron chi connectivity index (χ2n) is 7.15. The highest BCUT2D eigenvalue weighted by Gasteiger charge is 2.13. The minimum atomic E-state index is -0.934. The third-order valence-corrected chi connectivity index (χ3v) is 4.80. The van der Waals surface area contributed by atoms with Gasteiger partial charge in [-0.15, -0.1) is 0 Å². The number of hydrogen-bond donors (Lipinski definition) is 1. The number of likely N-dealkylation sites (N-methyl/N-ethyl adjacent to an activating group) is 1. The monoisotopic (exact) mass is 355 g/mol. The maximum absolute atomic E-state index is 11.9. The van der Waals surface area contributed by atoms with Gasteiger partial charge in [-0.2, -0.15) is 0 Å². The first kappa shape index (κ1) is 23.9. The van der Waals surface area contributed by atoms with Crippen LogP contribution in [-0.2, 0) is 9.59 Å². The summed E-state index contributed by atoms with van der Waals surface area (Å²) in [6.07, 6.45) is 18.6. The molecule has 1 amide bonds. The van der Waals surface area contributed by atoms with E-state index in [0.717, 1.165) is 12.8 Å². The van der Waals surface area contributed by atoms with Gasteiger partial charge >= 0.3 is 5.97 Å². The van der Waals surface area contributed by atoms with Crippen LogP contribution >= 0.6 is 0 Å². The Balaban J connectivity index is 3.33. The topological polar surface area (TPSA) is 57.6 Å². The number of carboxylic acid groups (broad SMARTS) is 1. The third-order valence-electron chi connectivity index (χ3n) is 4.80. The van der Waals surface area contributed by atoms with E-state index in [9.17, 15) is 9.59 Å². The molecule has 0 saturated heterocycles. The fourth-order valence-electron chi connectivity index (χ4n) is 3.17. The van der Waals surface area contributed by atoms with Crippen LogP contribution in [0.2, 0.25) is 0 Å². The van der Waals surface area contributed by atoms with E-state index in [1.54, 1.807) is 0 Å². The van der Waals surface area contributed by atoms with Crippen LogP contribution in [0.15, 0.2) is 0 Å². The van der Waals surface area contributed by atoms with Gasteiger partial charge in [0.05, 0.1) is 0 Å². The molecule has 0 heterocycles. The number of aliphatic carboxylic acids is 1. The molecule has 0 unspecified atom stereocenters. The maximum atomic E-state index is 11.9. The van der Waals surface area contributed by atoms with E-state index in [4.69, 9.17) is 5.11 Å². The van der Waals surface area contributed by atoms with Crippen molar-refractivity contribution in [3.63, 3.8) is 0 Å². The van der Waals surface area contributed by atoms with Crippen molar-refractivity contribution in [2.45, 2.75) is 110 Å². The van der Waals surface area contributed by atoms with Gasteiger partial charge in [0.2, 0.25) is 5.91 Å². The van der Waals surface area contributed by atoms with Crippen LogP contribution in [0, 0.1) is 0 Å². The summed E-state index contributed by atoms with van der Waals surface area (Å²) < 4.78 is 0. The molecule has 0 aliphatic rings. The molecule has 1 N–H and O–H groups in total. The number of carbonyl (C=O) groups is 2. The molecule has 0 aliphatic carbocycles. The molecule has 4 heteroatoms. The van der Waals surface area contributed by atoms with E-state index in [1.807, 2.05) is 6.92 Å². The van der Waals surface area contributed by atoms with E-state index >= 15 is 0 Å². The van der Waals surface area contributed by atoms with Crippen molar-refractivity contribution in [1.29, 1.82) is 0 Å². The molecule has 0 bridgehead atoms. The first-order chi connectivity index (χ1) is 12.1. The molecule has 0 spiro atoms. The van der Waals surface area contributed by atoms with Crippen LogP contribution in [-0.4, -0.2) is 35.0 Å². The molecular formula is C21H41NO3. The zero-order valence-corrected chi connectivity index (χ0v) is 16.7. The van der Waals surface area contributed by atoms with Gasteiger partial charge in [0.15, 0.2) is 0 Å². The number of rotatable bonds is 18. The van der Waals surface area contributed by atoms with Gasteiger partial charge in [-0.3, -0.25) is 9.59 Å². The van der Waals surface area contributed by atoms with Crippen molar-refractivity contribution in [1.82, 2.24) is 4.90 Å². The number of carboxylic acids is 1. The first-order valence-corrected chi connectivity index (χ1v) is 10.6. The van der Waals surface area contributed by atoms with Gasteiger partial charge in [-0.25, -0.2) is 0 Å². The van der Waals surface area contributed by atoms with Crippen LogP contribution < -0.4 is 0 Å². The van der Waals surface area contributed by atoms with Crippen LogP contribution in [0.25, 0.3) is 0 Å². The van der Waals surface area contributed by atoms with Crippen molar-refractivity contribution in [3.8, 4) is 0 Å². The van der Waals surface area contributed by atoms with Gasteiger partial charge < -0.3 is 10.0 Å². The molecular weight excluding hydrogens is 314 g/mol. The Morgan fingerprint density at radius 3 is 1.44 bits per heavy atom. The van der Waals surface area contributed by atoms with Gasteiger partial charge in [-0.05, 0) is 13.3 Å². The zero-order valence-electron chi connectivity index (χ0n) is 16.7. The summed E-state index contributed by atoms with van der Waals surface area (Å²) in [6.45, 7) is 4.39. The fraction of sp³-hybridized carbons (Fsp3) is 0.905. The van der Waals surface area contributed by atoms with E-state index in [2.05, 4.69) is 6.92 Å². The molecule has 0 saturated carbocycles. The predicted molar refractivity (Wildman–Crippen MR) is 105 cm³/mol. The Morgan fingerprint density at radius 2 is 1.08 bits per heavy atom. The molecule has 0 radical (unpaired) electrons. The van der Waals surface area contributed by atoms with Gasteiger partial charge in [-0.1, -0.05) is 90.4 Å². The van der Waals surface area contributed by atoms with E-state index < -0.39 is 5.97 Å². The highest BCUT2D eigenvalue weighted by molar-refractivity contribution is 5.81. The predicted octanol–water partition coefficient (Wildman–Crippen LogP) is 5.79.